The van der Waals surface area contributed by atoms with E-state index in [1.54, 1.807) is 7.11 Å². The van der Waals surface area contributed by atoms with Crippen LogP contribution in [0.25, 0.3) is 0 Å². The lowest BCUT2D eigenvalue weighted by atomic mass is 9.64. The molecule has 2 unspecified atom stereocenters. The molecule has 0 amide bonds. The summed E-state index contributed by atoms with van der Waals surface area (Å²) in [6.45, 7) is 1.97. The molecule has 1 aliphatic carbocycles. The number of hydrogen-bond acceptors (Lipinski definition) is 4. The Morgan fingerprint density at radius 3 is 2.80 bits per heavy atom. The molecule has 0 saturated carbocycles. The first-order chi connectivity index (χ1) is 9.53. The van der Waals surface area contributed by atoms with Gasteiger partial charge in [0, 0.05) is 11.5 Å². The molecule has 0 fully saturated rings. The number of carbonyl (C=O) groups is 1. The highest BCUT2D eigenvalue weighted by molar-refractivity contribution is 5.72. The van der Waals surface area contributed by atoms with Gasteiger partial charge in [-0.1, -0.05) is 6.07 Å². The molecule has 1 aliphatic rings. The Morgan fingerprint density at radius 2 is 2.20 bits per heavy atom. The van der Waals surface area contributed by atoms with Crippen molar-refractivity contribution in [3.8, 4) is 5.75 Å². The van der Waals surface area contributed by atoms with Crippen LogP contribution in [0.15, 0.2) is 18.2 Å². The van der Waals surface area contributed by atoms with Crippen LogP contribution in [0.4, 0.5) is 0 Å². The van der Waals surface area contributed by atoms with Crippen molar-refractivity contribution >= 4 is 5.97 Å². The molecular weight excluding hydrogens is 254 g/mol. The maximum absolute atomic E-state index is 11.8. The lowest BCUT2D eigenvalue weighted by Crippen LogP contribution is -2.47. The Hall–Kier alpha value is -1.55. The first kappa shape index (κ1) is 14.9. The molecule has 4 heteroatoms. The molecule has 4 nitrogen and oxygen atoms in total. The van der Waals surface area contributed by atoms with Gasteiger partial charge >= 0.3 is 5.97 Å². The number of benzene rings is 1. The van der Waals surface area contributed by atoms with Crippen molar-refractivity contribution in [1.29, 1.82) is 0 Å². The zero-order valence-corrected chi connectivity index (χ0v) is 12.4. The van der Waals surface area contributed by atoms with Crippen molar-refractivity contribution in [2.75, 3.05) is 14.2 Å². The van der Waals surface area contributed by atoms with E-state index in [0.29, 0.717) is 6.42 Å². The molecule has 0 aromatic heterocycles. The fourth-order valence-electron chi connectivity index (χ4n) is 3.27. The van der Waals surface area contributed by atoms with Crippen LogP contribution in [-0.4, -0.2) is 26.2 Å². The van der Waals surface area contributed by atoms with Crippen molar-refractivity contribution in [3.05, 3.63) is 29.3 Å². The fourth-order valence-corrected chi connectivity index (χ4v) is 3.27. The van der Waals surface area contributed by atoms with Gasteiger partial charge in [0.15, 0.2) is 0 Å². The number of esters is 1. The number of aryl methyl sites for hydroxylation is 1. The molecule has 1 aromatic rings. The van der Waals surface area contributed by atoms with Crippen LogP contribution in [0, 0.1) is 0 Å². The number of ether oxygens (including phenoxy) is 2. The lowest BCUT2D eigenvalue weighted by Gasteiger charge is -2.41. The summed E-state index contributed by atoms with van der Waals surface area (Å²) in [6.07, 6.45) is 3.28. The smallest absolute Gasteiger partial charge is 0.306 e. The van der Waals surface area contributed by atoms with Gasteiger partial charge in [0.1, 0.15) is 5.75 Å². The Kier molecular flexibility index (Phi) is 4.33. The van der Waals surface area contributed by atoms with E-state index in [-0.39, 0.29) is 17.4 Å². The number of rotatable bonds is 4. The first-order valence-corrected chi connectivity index (χ1v) is 7.03. The average Bonchev–Trinajstić information content (AvgIpc) is 2.46. The zero-order valence-electron chi connectivity index (χ0n) is 12.4. The normalized spacial score (nSPS) is 22.8. The van der Waals surface area contributed by atoms with Crippen molar-refractivity contribution in [1.82, 2.24) is 0 Å². The second-order valence-corrected chi connectivity index (χ2v) is 5.57. The summed E-state index contributed by atoms with van der Waals surface area (Å²) in [6, 6.07) is 5.95. The van der Waals surface area contributed by atoms with Crippen LogP contribution in [0.3, 0.4) is 0 Å². The molecule has 0 spiro atoms. The maximum Gasteiger partial charge on any atom is 0.306 e. The lowest BCUT2D eigenvalue weighted by molar-refractivity contribution is -0.142. The molecule has 0 heterocycles. The van der Waals surface area contributed by atoms with Gasteiger partial charge in [-0.25, -0.2) is 0 Å². The molecule has 0 aliphatic heterocycles. The molecule has 0 saturated heterocycles. The molecule has 0 bridgehead atoms. The second-order valence-electron chi connectivity index (χ2n) is 5.57. The molecule has 2 N–H and O–H groups in total. The molecule has 1 aromatic carbocycles. The standard InChI is InChI=1S/C16H23NO3/c1-11(17)16(10-15(18)20-3)8-4-5-12-9-13(19-2)6-7-14(12)16/h6-7,9,11H,4-5,8,10,17H2,1-3H3. The van der Waals surface area contributed by atoms with Gasteiger partial charge in [0.25, 0.3) is 0 Å². The SMILES string of the molecule is COC(=O)CC1(C(C)N)CCCc2cc(OC)ccc21. The zero-order chi connectivity index (χ0) is 14.8. The summed E-state index contributed by atoms with van der Waals surface area (Å²) in [4.78, 5) is 11.8. The van der Waals surface area contributed by atoms with Crippen molar-refractivity contribution in [3.63, 3.8) is 0 Å². The third kappa shape index (κ3) is 2.52. The van der Waals surface area contributed by atoms with Crippen LogP contribution in [0.5, 0.6) is 5.75 Å². The minimum atomic E-state index is -0.326. The molecule has 2 atom stereocenters. The van der Waals surface area contributed by atoms with E-state index in [0.717, 1.165) is 25.0 Å². The molecule has 0 radical (unpaired) electrons. The third-order valence-corrected chi connectivity index (χ3v) is 4.48. The molecular formula is C16H23NO3. The number of nitrogens with two attached hydrogens (primary N) is 1. The van der Waals surface area contributed by atoms with Crippen LogP contribution < -0.4 is 10.5 Å². The summed E-state index contributed by atoms with van der Waals surface area (Å²) in [5.74, 6) is 0.647. The number of methoxy groups -OCH3 is 2. The number of carbonyl (C=O) groups excluding carboxylic acids is 1. The van der Waals surface area contributed by atoms with E-state index in [2.05, 4.69) is 12.1 Å². The first-order valence-electron chi connectivity index (χ1n) is 7.03. The average molecular weight is 277 g/mol. The summed E-state index contributed by atoms with van der Waals surface area (Å²) >= 11 is 0. The van der Waals surface area contributed by atoms with E-state index in [9.17, 15) is 4.79 Å². The highest BCUT2D eigenvalue weighted by Crippen LogP contribution is 2.43. The summed E-state index contributed by atoms with van der Waals surface area (Å²) in [5, 5.41) is 0. The number of hydrogen-bond donors (Lipinski definition) is 1. The van der Waals surface area contributed by atoms with Gasteiger partial charge < -0.3 is 15.2 Å². The predicted molar refractivity (Wildman–Crippen MR) is 77.9 cm³/mol. The van der Waals surface area contributed by atoms with Crippen LogP contribution >= 0.6 is 0 Å². The Morgan fingerprint density at radius 1 is 1.45 bits per heavy atom. The van der Waals surface area contributed by atoms with Crippen molar-refractivity contribution in [2.24, 2.45) is 5.73 Å². The molecule has 20 heavy (non-hydrogen) atoms. The topological polar surface area (TPSA) is 61.5 Å². The summed E-state index contributed by atoms with van der Waals surface area (Å²) in [5.41, 5.74) is 8.33. The van der Waals surface area contributed by atoms with E-state index < -0.39 is 0 Å². The van der Waals surface area contributed by atoms with E-state index >= 15 is 0 Å². The van der Waals surface area contributed by atoms with Gasteiger partial charge in [-0.05, 0) is 49.4 Å². The Balaban J connectivity index is 2.48. The van der Waals surface area contributed by atoms with E-state index in [4.69, 9.17) is 15.2 Å². The van der Waals surface area contributed by atoms with Gasteiger partial charge in [0.2, 0.25) is 0 Å². The van der Waals surface area contributed by atoms with Crippen LogP contribution in [-0.2, 0) is 21.4 Å². The quantitative estimate of drug-likeness (QED) is 0.857. The van der Waals surface area contributed by atoms with Gasteiger partial charge in [-0.15, -0.1) is 0 Å². The molecule has 110 valence electrons. The monoisotopic (exact) mass is 277 g/mol. The predicted octanol–water partition coefficient (Wildman–Crippen LogP) is 2.18. The maximum atomic E-state index is 11.8. The largest absolute Gasteiger partial charge is 0.497 e. The fraction of sp³-hybridized carbons (Fsp3) is 0.562. The van der Waals surface area contributed by atoms with Crippen LogP contribution in [0.1, 0.15) is 37.3 Å². The minimum absolute atomic E-state index is 0.103. The minimum Gasteiger partial charge on any atom is -0.497 e. The highest BCUT2D eigenvalue weighted by Gasteiger charge is 2.42. The van der Waals surface area contributed by atoms with Gasteiger partial charge in [-0.3, -0.25) is 4.79 Å². The molecule has 2 rings (SSSR count). The third-order valence-electron chi connectivity index (χ3n) is 4.48. The van der Waals surface area contributed by atoms with E-state index in [1.165, 1.54) is 18.2 Å². The highest BCUT2D eigenvalue weighted by atomic mass is 16.5. The van der Waals surface area contributed by atoms with Crippen molar-refractivity contribution < 1.29 is 14.3 Å². The second kappa shape index (κ2) is 5.83. The van der Waals surface area contributed by atoms with E-state index in [1.807, 2.05) is 13.0 Å². The summed E-state index contributed by atoms with van der Waals surface area (Å²) < 4.78 is 10.2. The van der Waals surface area contributed by atoms with Gasteiger partial charge in [-0.2, -0.15) is 0 Å². The Labute approximate surface area is 120 Å². The van der Waals surface area contributed by atoms with Crippen molar-refractivity contribution in [2.45, 2.75) is 44.1 Å². The summed E-state index contributed by atoms with van der Waals surface area (Å²) in [7, 11) is 3.09. The van der Waals surface area contributed by atoms with Crippen LogP contribution in [0.2, 0.25) is 0 Å². The number of fused-ring (bicyclic) bond motifs is 1. The Bertz CT molecular complexity index is 498. The van der Waals surface area contributed by atoms with Gasteiger partial charge in [0.05, 0.1) is 20.6 Å².